The highest BCUT2D eigenvalue weighted by atomic mass is 35.5. The first-order valence-corrected chi connectivity index (χ1v) is 7.76. The Labute approximate surface area is 148 Å². The molecule has 0 aliphatic rings. The maximum Gasteiger partial charge on any atom is 0.111 e. The Morgan fingerprint density at radius 1 is 0.958 bits per heavy atom. The van der Waals surface area contributed by atoms with Crippen LogP contribution in [0.5, 0.6) is 0 Å². The molecule has 0 spiro atoms. The molecule has 1 aromatic carbocycles. The average Bonchev–Trinajstić information content (AvgIpc) is 2.59. The summed E-state index contributed by atoms with van der Waals surface area (Å²) in [6.07, 6.45) is -5.86. The van der Waals surface area contributed by atoms with E-state index in [4.69, 9.17) is 10.8 Å². The number of rotatable bonds is 10. The predicted octanol–water partition coefficient (Wildman–Crippen LogP) is -1.18. The van der Waals surface area contributed by atoms with Gasteiger partial charge in [0.25, 0.3) is 0 Å². The van der Waals surface area contributed by atoms with Gasteiger partial charge in [0, 0.05) is 19.6 Å². The number of aliphatic hydroxyl groups is 5. The SMILES string of the molecule is CCN(Cc1ccc(CN)cc1)C[C@H](O)[C@@H](O)[C@H](O)[C@H](O)CO.Cl. The van der Waals surface area contributed by atoms with Crippen LogP contribution in [0.1, 0.15) is 18.1 Å². The summed E-state index contributed by atoms with van der Waals surface area (Å²) >= 11 is 0. The number of nitrogens with two attached hydrogens (primary N) is 1. The second-order valence-corrected chi connectivity index (χ2v) is 5.65. The van der Waals surface area contributed by atoms with Gasteiger partial charge in [-0.3, -0.25) is 4.90 Å². The van der Waals surface area contributed by atoms with Gasteiger partial charge < -0.3 is 31.3 Å². The van der Waals surface area contributed by atoms with Crippen molar-refractivity contribution in [3.05, 3.63) is 35.4 Å². The van der Waals surface area contributed by atoms with Crippen molar-refractivity contribution in [2.45, 2.75) is 44.4 Å². The van der Waals surface area contributed by atoms with Gasteiger partial charge in [0.05, 0.1) is 12.7 Å². The molecule has 1 aromatic rings. The summed E-state index contributed by atoms with van der Waals surface area (Å²) in [6, 6.07) is 7.79. The summed E-state index contributed by atoms with van der Waals surface area (Å²) < 4.78 is 0. The minimum atomic E-state index is -1.60. The van der Waals surface area contributed by atoms with Gasteiger partial charge in [-0.2, -0.15) is 0 Å². The Bertz CT molecular complexity index is 449. The Balaban J connectivity index is 0.00000529. The molecular weight excluding hydrogens is 336 g/mol. The van der Waals surface area contributed by atoms with E-state index < -0.39 is 31.0 Å². The van der Waals surface area contributed by atoms with Gasteiger partial charge >= 0.3 is 0 Å². The molecule has 7 nitrogen and oxygen atoms in total. The fourth-order valence-corrected chi connectivity index (χ4v) is 2.28. The molecule has 0 aromatic heterocycles. The van der Waals surface area contributed by atoms with Crippen LogP contribution in [-0.2, 0) is 13.1 Å². The minimum Gasteiger partial charge on any atom is -0.394 e. The molecule has 24 heavy (non-hydrogen) atoms. The Kier molecular flexibility index (Phi) is 11.4. The monoisotopic (exact) mass is 364 g/mol. The standard InChI is InChI=1S/C16H28N2O5.ClH/c1-2-18(8-12-5-3-11(7-17)4-6-12)9-13(20)15(22)16(23)14(21)10-19;/h3-6,13-16,19-23H,2,7-10,17H2,1H3;1H/t13-,14+,15+,16+;/m0./s1. The van der Waals surface area contributed by atoms with Crippen LogP contribution in [-0.4, -0.2) is 74.5 Å². The molecule has 0 amide bonds. The summed E-state index contributed by atoms with van der Waals surface area (Å²) in [5.74, 6) is 0. The van der Waals surface area contributed by atoms with Crippen LogP contribution >= 0.6 is 12.4 Å². The van der Waals surface area contributed by atoms with E-state index in [0.717, 1.165) is 11.1 Å². The summed E-state index contributed by atoms with van der Waals surface area (Å²) in [7, 11) is 0. The van der Waals surface area contributed by atoms with Gasteiger partial charge in [-0.05, 0) is 17.7 Å². The smallest absolute Gasteiger partial charge is 0.111 e. The zero-order valence-corrected chi connectivity index (χ0v) is 14.6. The molecule has 0 radical (unpaired) electrons. The van der Waals surface area contributed by atoms with E-state index in [1.54, 1.807) is 0 Å². The summed E-state index contributed by atoms with van der Waals surface area (Å²) in [6.45, 7) is 3.06. The third-order valence-electron chi connectivity index (χ3n) is 3.88. The molecule has 4 atom stereocenters. The zero-order chi connectivity index (χ0) is 17.4. The summed E-state index contributed by atoms with van der Waals surface area (Å²) in [4.78, 5) is 1.91. The van der Waals surface area contributed by atoms with E-state index in [9.17, 15) is 20.4 Å². The normalized spacial score (nSPS) is 16.3. The molecule has 1 rings (SSSR count). The fraction of sp³-hybridized carbons (Fsp3) is 0.625. The summed E-state index contributed by atoms with van der Waals surface area (Å²) in [5, 5.41) is 47.6. The molecule has 0 saturated carbocycles. The van der Waals surface area contributed by atoms with Crippen molar-refractivity contribution < 1.29 is 25.5 Å². The van der Waals surface area contributed by atoms with Crippen molar-refractivity contribution in [1.29, 1.82) is 0 Å². The van der Waals surface area contributed by atoms with Crippen molar-refractivity contribution in [2.24, 2.45) is 5.73 Å². The molecule has 0 aliphatic heterocycles. The van der Waals surface area contributed by atoms with Crippen molar-refractivity contribution >= 4 is 12.4 Å². The number of aliphatic hydroxyl groups excluding tert-OH is 5. The first-order valence-electron chi connectivity index (χ1n) is 7.76. The quantitative estimate of drug-likeness (QED) is 0.308. The maximum atomic E-state index is 10.0. The Hall–Kier alpha value is -0.770. The number of hydrogen-bond donors (Lipinski definition) is 6. The maximum absolute atomic E-state index is 10.0. The van der Waals surface area contributed by atoms with Crippen LogP contribution in [0.2, 0.25) is 0 Å². The minimum absolute atomic E-state index is 0. The van der Waals surface area contributed by atoms with Gasteiger partial charge in [-0.15, -0.1) is 12.4 Å². The molecule has 0 aliphatic carbocycles. The van der Waals surface area contributed by atoms with E-state index in [2.05, 4.69) is 0 Å². The lowest BCUT2D eigenvalue weighted by Gasteiger charge is -2.29. The van der Waals surface area contributed by atoms with E-state index in [-0.39, 0.29) is 19.0 Å². The van der Waals surface area contributed by atoms with E-state index in [1.807, 2.05) is 36.1 Å². The van der Waals surface area contributed by atoms with Crippen LogP contribution in [0.4, 0.5) is 0 Å². The predicted molar refractivity (Wildman–Crippen MR) is 93.6 cm³/mol. The highest BCUT2D eigenvalue weighted by Gasteiger charge is 2.30. The molecule has 0 heterocycles. The summed E-state index contributed by atoms with van der Waals surface area (Å²) in [5.41, 5.74) is 7.64. The van der Waals surface area contributed by atoms with Crippen LogP contribution in [0.3, 0.4) is 0 Å². The van der Waals surface area contributed by atoms with E-state index in [0.29, 0.717) is 19.6 Å². The molecule has 0 bridgehead atoms. The van der Waals surface area contributed by atoms with Gasteiger partial charge in [0.1, 0.15) is 18.3 Å². The van der Waals surface area contributed by atoms with Gasteiger partial charge in [-0.1, -0.05) is 31.2 Å². The highest BCUT2D eigenvalue weighted by Crippen LogP contribution is 2.11. The number of nitrogens with zero attached hydrogens (tertiary/aromatic N) is 1. The number of likely N-dealkylation sites (N-methyl/N-ethyl adjacent to an activating group) is 1. The molecule has 140 valence electrons. The van der Waals surface area contributed by atoms with Crippen LogP contribution < -0.4 is 5.73 Å². The lowest BCUT2D eigenvalue weighted by molar-refractivity contribution is -0.119. The molecule has 0 saturated heterocycles. The number of hydrogen-bond acceptors (Lipinski definition) is 7. The topological polar surface area (TPSA) is 130 Å². The molecule has 0 unspecified atom stereocenters. The third-order valence-corrected chi connectivity index (χ3v) is 3.88. The largest absolute Gasteiger partial charge is 0.394 e. The highest BCUT2D eigenvalue weighted by molar-refractivity contribution is 5.85. The van der Waals surface area contributed by atoms with Gasteiger partial charge in [0.2, 0.25) is 0 Å². The molecule has 8 heteroatoms. The number of halogens is 1. The first kappa shape index (κ1) is 23.2. The van der Waals surface area contributed by atoms with Crippen molar-refractivity contribution in [2.75, 3.05) is 19.7 Å². The van der Waals surface area contributed by atoms with Crippen molar-refractivity contribution in [3.8, 4) is 0 Å². The van der Waals surface area contributed by atoms with E-state index >= 15 is 0 Å². The van der Waals surface area contributed by atoms with Gasteiger partial charge in [-0.25, -0.2) is 0 Å². The van der Waals surface area contributed by atoms with Crippen molar-refractivity contribution in [3.63, 3.8) is 0 Å². The molecule has 7 N–H and O–H groups in total. The molecule has 0 fully saturated rings. The van der Waals surface area contributed by atoms with Crippen molar-refractivity contribution in [1.82, 2.24) is 4.90 Å². The lowest BCUT2D eigenvalue weighted by atomic mass is 10.0. The van der Waals surface area contributed by atoms with Gasteiger partial charge in [0.15, 0.2) is 0 Å². The van der Waals surface area contributed by atoms with E-state index in [1.165, 1.54) is 0 Å². The number of benzene rings is 1. The fourth-order valence-electron chi connectivity index (χ4n) is 2.28. The second kappa shape index (κ2) is 11.7. The average molecular weight is 365 g/mol. The second-order valence-electron chi connectivity index (χ2n) is 5.65. The Morgan fingerprint density at radius 3 is 1.92 bits per heavy atom. The van der Waals surface area contributed by atoms with Crippen LogP contribution in [0.15, 0.2) is 24.3 Å². The van der Waals surface area contributed by atoms with Crippen LogP contribution in [0, 0.1) is 0 Å². The van der Waals surface area contributed by atoms with Crippen LogP contribution in [0.25, 0.3) is 0 Å². The lowest BCUT2D eigenvalue weighted by Crippen LogP contribution is -2.49. The molecular formula is C16H29ClN2O5. The first-order chi connectivity index (χ1) is 10.9. The zero-order valence-electron chi connectivity index (χ0n) is 13.8. The third kappa shape index (κ3) is 7.00. The Morgan fingerprint density at radius 2 is 1.46 bits per heavy atom.